The fourth-order valence-electron chi connectivity index (χ4n) is 1.36. The van der Waals surface area contributed by atoms with E-state index in [1.165, 1.54) is 13.0 Å². The predicted molar refractivity (Wildman–Crippen MR) is 53.8 cm³/mol. The quantitative estimate of drug-likeness (QED) is 0.545. The van der Waals surface area contributed by atoms with Crippen molar-refractivity contribution < 1.29 is 0 Å². The maximum absolute atomic E-state index is 4.58. The van der Waals surface area contributed by atoms with Crippen LogP contribution in [0.4, 0.5) is 0 Å². The Morgan fingerprint density at radius 1 is 1.42 bits per heavy atom. The monoisotopic (exact) mass is 168 g/mol. The first-order valence-electron chi connectivity index (χ1n) is 4.70. The average molecular weight is 168 g/mol. The van der Waals surface area contributed by atoms with E-state index in [2.05, 4.69) is 43.9 Å². The summed E-state index contributed by atoms with van der Waals surface area (Å²) < 4.78 is 0. The van der Waals surface area contributed by atoms with Gasteiger partial charge in [0.1, 0.15) is 0 Å². The van der Waals surface area contributed by atoms with Gasteiger partial charge >= 0.3 is 0 Å². The summed E-state index contributed by atoms with van der Waals surface area (Å²) in [5.41, 5.74) is 0.237. The molecule has 12 heavy (non-hydrogen) atoms. The lowest BCUT2D eigenvalue weighted by Gasteiger charge is -2.12. The lowest BCUT2D eigenvalue weighted by molar-refractivity contribution is 0.411. The van der Waals surface area contributed by atoms with Gasteiger partial charge in [-0.15, -0.1) is 0 Å². The van der Waals surface area contributed by atoms with Gasteiger partial charge in [0.2, 0.25) is 0 Å². The molecule has 0 radical (unpaired) electrons. The fraction of sp³-hybridized carbons (Fsp3) is 0.900. The van der Waals surface area contributed by atoms with Crippen LogP contribution in [0, 0.1) is 5.41 Å². The molecule has 0 aromatic heterocycles. The van der Waals surface area contributed by atoms with Gasteiger partial charge in [0, 0.05) is 12.8 Å². The molecule has 1 aliphatic heterocycles. The van der Waals surface area contributed by atoms with Crippen LogP contribution in [-0.4, -0.2) is 37.3 Å². The Morgan fingerprint density at radius 3 is 2.50 bits per heavy atom. The molecular formula is C10H20N2. The summed E-state index contributed by atoms with van der Waals surface area (Å²) in [5.74, 6) is 0. The van der Waals surface area contributed by atoms with Crippen molar-refractivity contribution >= 4 is 6.21 Å². The first-order valence-corrected chi connectivity index (χ1v) is 4.70. The fourth-order valence-corrected chi connectivity index (χ4v) is 1.36. The van der Waals surface area contributed by atoms with E-state index in [1.807, 2.05) is 0 Å². The highest BCUT2D eigenvalue weighted by atomic mass is 15.1. The van der Waals surface area contributed by atoms with Crippen molar-refractivity contribution in [2.24, 2.45) is 10.4 Å². The summed E-state index contributed by atoms with van der Waals surface area (Å²) in [7, 11) is 2.16. The highest BCUT2D eigenvalue weighted by molar-refractivity contribution is 5.64. The van der Waals surface area contributed by atoms with E-state index in [0.29, 0.717) is 6.04 Å². The van der Waals surface area contributed by atoms with Gasteiger partial charge in [0.15, 0.2) is 0 Å². The molecule has 0 aromatic carbocycles. The summed E-state index contributed by atoms with van der Waals surface area (Å²) in [6, 6.07) is 0.550. The van der Waals surface area contributed by atoms with Crippen LogP contribution in [0.3, 0.4) is 0 Å². The van der Waals surface area contributed by atoms with Crippen LogP contribution in [0.25, 0.3) is 0 Å². The topological polar surface area (TPSA) is 15.6 Å². The van der Waals surface area contributed by atoms with Gasteiger partial charge in [0.05, 0.1) is 6.04 Å². The van der Waals surface area contributed by atoms with Gasteiger partial charge in [0.25, 0.3) is 0 Å². The predicted octanol–water partition coefficient (Wildman–Crippen LogP) is 1.81. The molecule has 1 rings (SSSR count). The molecule has 1 atom stereocenters. The molecule has 0 aromatic rings. The summed E-state index contributed by atoms with van der Waals surface area (Å²) >= 11 is 0. The lowest BCUT2D eigenvalue weighted by Crippen LogP contribution is -2.16. The molecule has 0 N–H and O–H groups in total. The summed E-state index contributed by atoms with van der Waals surface area (Å²) in [6.07, 6.45) is 3.32. The van der Waals surface area contributed by atoms with E-state index in [1.54, 1.807) is 0 Å². The highest BCUT2D eigenvalue weighted by Gasteiger charge is 2.18. The smallest absolute Gasteiger partial charge is 0.0634 e. The van der Waals surface area contributed by atoms with Crippen LogP contribution in [0.2, 0.25) is 0 Å². The maximum Gasteiger partial charge on any atom is 0.0634 e. The standard InChI is InChI=1S/C10H20N2/c1-10(2,3)8-11-9-5-6-12(4)7-9/h8-9H,5-7H2,1-4H3/b11-8-. The first-order chi connectivity index (χ1) is 5.47. The van der Waals surface area contributed by atoms with Gasteiger partial charge < -0.3 is 4.90 Å². The number of likely N-dealkylation sites (tertiary alicyclic amines) is 1. The summed E-state index contributed by atoms with van der Waals surface area (Å²) in [5, 5.41) is 0. The van der Waals surface area contributed by atoms with Crippen LogP contribution in [0.15, 0.2) is 4.99 Å². The summed E-state index contributed by atoms with van der Waals surface area (Å²) in [6.45, 7) is 8.90. The van der Waals surface area contributed by atoms with Crippen molar-refractivity contribution in [3.8, 4) is 0 Å². The largest absolute Gasteiger partial charge is 0.304 e. The van der Waals surface area contributed by atoms with E-state index in [-0.39, 0.29) is 5.41 Å². The van der Waals surface area contributed by atoms with Crippen molar-refractivity contribution in [1.82, 2.24) is 4.90 Å². The molecule has 0 saturated carbocycles. The Morgan fingerprint density at radius 2 is 2.08 bits per heavy atom. The number of aliphatic imine (C=N–C) groups is 1. The second-order valence-electron chi connectivity index (χ2n) is 4.85. The lowest BCUT2D eigenvalue weighted by atomic mass is 9.99. The third-order valence-corrected chi connectivity index (χ3v) is 2.04. The molecule has 70 valence electrons. The average Bonchev–Trinajstić information content (AvgIpc) is 2.30. The Labute approximate surface area is 75.7 Å². The second-order valence-corrected chi connectivity index (χ2v) is 4.85. The highest BCUT2D eigenvalue weighted by Crippen LogP contribution is 2.13. The van der Waals surface area contributed by atoms with Crippen LogP contribution in [-0.2, 0) is 0 Å². The molecule has 0 spiro atoms. The first kappa shape index (κ1) is 9.72. The Hall–Kier alpha value is -0.370. The minimum Gasteiger partial charge on any atom is -0.304 e. The molecule has 2 heteroatoms. The van der Waals surface area contributed by atoms with Crippen LogP contribution in [0.1, 0.15) is 27.2 Å². The number of likely N-dealkylation sites (N-methyl/N-ethyl adjacent to an activating group) is 1. The third kappa shape index (κ3) is 3.35. The van der Waals surface area contributed by atoms with Gasteiger partial charge in [-0.3, -0.25) is 4.99 Å². The second kappa shape index (κ2) is 3.56. The van der Waals surface area contributed by atoms with E-state index in [4.69, 9.17) is 0 Å². The van der Waals surface area contributed by atoms with Crippen LogP contribution < -0.4 is 0 Å². The van der Waals surface area contributed by atoms with Crippen molar-refractivity contribution in [2.45, 2.75) is 33.2 Å². The number of rotatable bonds is 1. The zero-order chi connectivity index (χ0) is 9.19. The molecule has 0 bridgehead atoms. The van der Waals surface area contributed by atoms with Gasteiger partial charge in [-0.1, -0.05) is 20.8 Å². The van der Waals surface area contributed by atoms with Crippen molar-refractivity contribution in [3.05, 3.63) is 0 Å². The molecule has 0 aliphatic carbocycles. The minimum absolute atomic E-state index is 0.237. The number of hydrogen-bond donors (Lipinski definition) is 0. The molecule has 1 saturated heterocycles. The van der Waals surface area contributed by atoms with Crippen molar-refractivity contribution in [3.63, 3.8) is 0 Å². The van der Waals surface area contributed by atoms with Gasteiger partial charge in [-0.05, 0) is 25.4 Å². The molecule has 1 fully saturated rings. The number of nitrogens with zero attached hydrogens (tertiary/aromatic N) is 2. The zero-order valence-electron chi connectivity index (χ0n) is 8.67. The molecule has 0 amide bonds. The van der Waals surface area contributed by atoms with E-state index in [0.717, 1.165) is 6.54 Å². The van der Waals surface area contributed by atoms with Crippen molar-refractivity contribution in [1.29, 1.82) is 0 Å². The van der Waals surface area contributed by atoms with Gasteiger partial charge in [-0.2, -0.15) is 0 Å². The Balaban J connectivity index is 2.37. The Kier molecular flexibility index (Phi) is 2.89. The van der Waals surface area contributed by atoms with Crippen molar-refractivity contribution in [2.75, 3.05) is 20.1 Å². The van der Waals surface area contributed by atoms with E-state index < -0.39 is 0 Å². The van der Waals surface area contributed by atoms with Crippen LogP contribution >= 0.6 is 0 Å². The minimum atomic E-state index is 0.237. The number of hydrogen-bond acceptors (Lipinski definition) is 2. The third-order valence-electron chi connectivity index (χ3n) is 2.04. The Bertz CT molecular complexity index is 167. The maximum atomic E-state index is 4.58. The normalized spacial score (nSPS) is 27.2. The molecule has 2 nitrogen and oxygen atoms in total. The SMILES string of the molecule is CN1CCC(/N=C\C(C)(C)C)C1. The summed E-state index contributed by atoms with van der Waals surface area (Å²) in [4.78, 5) is 6.92. The molecule has 1 aliphatic rings. The molecule has 1 unspecified atom stereocenters. The van der Waals surface area contributed by atoms with E-state index >= 15 is 0 Å². The zero-order valence-corrected chi connectivity index (χ0v) is 8.67. The van der Waals surface area contributed by atoms with E-state index in [9.17, 15) is 0 Å². The molecular weight excluding hydrogens is 148 g/mol. The van der Waals surface area contributed by atoms with Gasteiger partial charge in [-0.25, -0.2) is 0 Å². The molecule has 1 heterocycles. The van der Waals surface area contributed by atoms with Crippen LogP contribution in [0.5, 0.6) is 0 Å².